The van der Waals surface area contributed by atoms with Gasteiger partial charge >= 0.3 is 0 Å². The molecular weight excluding hydrogens is 456 g/mol. The zero-order valence-electron chi connectivity index (χ0n) is 21.7. The van der Waals surface area contributed by atoms with Crippen LogP contribution in [0.5, 0.6) is 0 Å². The first-order valence-corrected chi connectivity index (χ1v) is 13.3. The third kappa shape index (κ3) is 6.59. The summed E-state index contributed by atoms with van der Waals surface area (Å²) in [5.74, 6) is 0. The average Bonchev–Trinajstić information content (AvgIpc) is 2.91. The number of benzene rings is 3. The number of nitrogens with zero attached hydrogens (tertiary/aromatic N) is 3. The number of fused-ring (bicyclic) bond motifs is 1. The predicted molar refractivity (Wildman–Crippen MR) is 155 cm³/mol. The molecule has 6 nitrogen and oxygen atoms in total. The molecule has 37 heavy (non-hydrogen) atoms. The van der Waals surface area contributed by atoms with Gasteiger partial charge in [0.2, 0.25) is 0 Å². The fourth-order valence-electron chi connectivity index (χ4n) is 5.30. The summed E-state index contributed by atoms with van der Waals surface area (Å²) in [5, 5.41) is 4.84. The van der Waals surface area contributed by atoms with Crippen molar-refractivity contribution in [3.63, 3.8) is 0 Å². The van der Waals surface area contributed by atoms with E-state index in [0.717, 1.165) is 61.8 Å². The molecule has 1 fully saturated rings. The molecule has 0 atom stereocenters. The lowest BCUT2D eigenvalue weighted by atomic mass is 10.0. The van der Waals surface area contributed by atoms with Crippen molar-refractivity contribution in [3.05, 3.63) is 95.7 Å². The summed E-state index contributed by atoms with van der Waals surface area (Å²) in [6, 6.07) is 25.7. The predicted octanol–water partition coefficient (Wildman–Crippen LogP) is 5.29. The second kappa shape index (κ2) is 11.6. The summed E-state index contributed by atoms with van der Waals surface area (Å²) in [7, 11) is 0. The number of nitrogens with two attached hydrogens (primary N) is 2. The Labute approximate surface area is 220 Å². The van der Waals surface area contributed by atoms with E-state index in [1.165, 1.54) is 34.9 Å². The lowest BCUT2D eigenvalue weighted by Gasteiger charge is -2.39. The summed E-state index contributed by atoms with van der Waals surface area (Å²) in [4.78, 5) is 9.73. The maximum atomic E-state index is 5.92. The normalized spacial score (nSPS) is 14.9. The molecule has 5 rings (SSSR count). The molecule has 5 N–H and O–H groups in total. The van der Waals surface area contributed by atoms with E-state index >= 15 is 0 Å². The van der Waals surface area contributed by atoms with E-state index in [2.05, 4.69) is 75.6 Å². The second-order valence-corrected chi connectivity index (χ2v) is 10.3. The quantitative estimate of drug-likeness (QED) is 0.274. The zero-order chi connectivity index (χ0) is 25.6. The Balaban J connectivity index is 1.17. The van der Waals surface area contributed by atoms with Crippen molar-refractivity contribution in [1.82, 2.24) is 14.8 Å². The molecule has 6 heteroatoms. The number of piperidine rings is 1. The average molecular weight is 495 g/mol. The van der Waals surface area contributed by atoms with Crippen LogP contribution in [0.25, 0.3) is 10.9 Å². The number of nitrogen functional groups attached to an aromatic ring is 2. The van der Waals surface area contributed by atoms with Gasteiger partial charge in [0.15, 0.2) is 0 Å². The Morgan fingerprint density at radius 3 is 2.11 bits per heavy atom. The molecular formula is C31H38N6. The standard InChI is InChI=1S/C31H38N6/c1-23-2-11-29-30(12-15-34-31(29)20-23)35-16-19-36-17-13-28(14-18-36)37(21-24-3-7-26(32)8-4-24)22-25-5-9-27(33)10-6-25/h2-12,15,20,28H,13-14,16-19,21-22,32-33H2,1H3,(H,34,35). The number of anilines is 3. The van der Waals surface area contributed by atoms with Crippen molar-refractivity contribution in [3.8, 4) is 0 Å². The highest BCUT2D eigenvalue weighted by molar-refractivity contribution is 5.91. The number of aryl methyl sites for hydroxylation is 1. The van der Waals surface area contributed by atoms with Gasteiger partial charge in [-0.25, -0.2) is 0 Å². The van der Waals surface area contributed by atoms with Crippen LogP contribution < -0.4 is 16.8 Å². The van der Waals surface area contributed by atoms with Crippen molar-refractivity contribution in [2.45, 2.75) is 38.9 Å². The van der Waals surface area contributed by atoms with Crippen LogP contribution in [0.3, 0.4) is 0 Å². The molecule has 2 heterocycles. The van der Waals surface area contributed by atoms with E-state index in [9.17, 15) is 0 Å². The van der Waals surface area contributed by atoms with Crippen LogP contribution in [0.2, 0.25) is 0 Å². The first-order valence-electron chi connectivity index (χ1n) is 13.3. The molecule has 0 radical (unpaired) electrons. The van der Waals surface area contributed by atoms with Crippen LogP contribution in [0.1, 0.15) is 29.5 Å². The molecule has 0 aliphatic carbocycles. The van der Waals surface area contributed by atoms with E-state index in [-0.39, 0.29) is 0 Å². The lowest BCUT2D eigenvalue weighted by Crippen LogP contribution is -2.45. The molecule has 0 amide bonds. The smallest absolute Gasteiger partial charge is 0.0725 e. The number of aromatic nitrogens is 1. The van der Waals surface area contributed by atoms with Crippen LogP contribution in [-0.4, -0.2) is 47.0 Å². The maximum Gasteiger partial charge on any atom is 0.0725 e. The molecule has 0 unspecified atom stereocenters. The van der Waals surface area contributed by atoms with Gasteiger partial charge in [-0.3, -0.25) is 9.88 Å². The highest BCUT2D eigenvalue weighted by Gasteiger charge is 2.25. The highest BCUT2D eigenvalue weighted by atomic mass is 15.2. The monoisotopic (exact) mass is 494 g/mol. The number of rotatable bonds is 9. The third-order valence-corrected chi connectivity index (χ3v) is 7.45. The topological polar surface area (TPSA) is 83.4 Å². The minimum atomic E-state index is 0.548. The van der Waals surface area contributed by atoms with Gasteiger partial charge in [-0.05, 0) is 85.9 Å². The van der Waals surface area contributed by atoms with Crippen molar-refractivity contribution >= 4 is 28.0 Å². The SMILES string of the molecule is Cc1ccc2c(NCCN3CCC(N(Cc4ccc(N)cc4)Cc4ccc(N)cc4)CC3)ccnc2c1. The van der Waals surface area contributed by atoms with E-state index in [0.29, 0.717) is 6.04 Å². The number of likely N-dealkylation sites (tertiary alicyclic amines) is 1. The van der Waals surface area contributed by atoms with Gasteiger partial charge in [0.1, 0.15) is 0 Å². The molecule has 0 saturated carbocycles. The Hall–Kier alpha value is -3.61. The Morgan fingerprint density at radius 2 is 1.49 bits per heavy atom. The molecule has 0 spiro atoms. The van der Waals surface area contributed by atoms with Crippen molar-refractivity contribution in [2.24, 2.45) is 0 Å². The van der Waals surface area contributed by atoms with Gasteiger partial charge in [0.25, 0.3) is 0 Å². The summed E-state index contributed by atoms with van der Waals surface area (Å²) in [5.41, 5.74) is 19.5. The van der Waals surface area contributed by atoms with Gasteiger partial charge in [0.05, 0.1) is 5.52 Å². The maximum absolute atomic E-state index is 5.92. The first kappa shape index (κ1) is 25.1. The third-order valence-electron chi connectivity index (χ3n) is 7.45. The number of hydrogen-bond acceptors (Lipinski definition) is 6. The Bertz CT molecular complexity index is 1250. The van der Waals surface area contributed by atoms with Gasteiger partial charge in [0, 0.05) is 60.9 Å². The molecule has 4 aromatic rings. The molecule has 3 aromatic carbocycles. The molecule has 1 saturated heterocycles. The van der Waals surface area contributed by atoms with E-state index < -0.39 is 0 Å². The Kier molecular flexibility index (Phi) is 7.87. The van der Waals surface area contributed by atoms with E-state index in [1.807, 2.05) is 30.5 Å². The highest BCUT2D eigenvalue weighted by Crippen LogP contribution is 2.24. The summed E-state index contributed by atoms with van der Waals surface area (Å²) < 4.78 is 0. The largest absolute Gasteiger partial charge is 0.399 e. The number of hydrogen-bond donors (Lipinski definition) is 3. The molecule has 1 aliphatic heterocycles. The first-order chi connectivity index (χ1) is 18.0. The molecule has 1 aromatic heterocycles. The minimum absolute atomic E-state index is 0.548. The molecule has 192 valence electrons. The van der Waals surface area contributed by atoms with Gasteiger partial charge in [-0.2, -0.15) is 0 Å². The van der Waals surface area contributed by atoms with Gasteiger partial charge < -0.3 is 21.7 Å². The van der Waals surface area contributed by atoms with Crippen LogP contribution in [0.15, 0.2) is 79.0 Å². The van der Waals surface area contributed by atoms with Crippen LogP contribution >= 0.6 is 0 Å². The zero-order valence-corrected chi connectivity index (χ0v) is 21.7. The molecule has 1 aliphatic rings. The van der Waals surface area contributed by atoms with Crippen LogP contribution in [0, 0.1) is 6.92 Å². The van der Waals surface area contributed by atoms with Gasteiger partial charge in [-0.1, -0.05) is 36.4 Å². The van der Waals surface area contributed by atoms with Crippen molar-refractivity contribution in [1.29, 1.82) is 0 Å². The fraction of sp³-hybridized carbons (Fsp3) is 0.323. The number of nitrogens with one attached hydrogen (secondary N) is 1. The molecule has 0 bridgehead atoms. The Morgan fingerprint density at radius 1 is 0.865 bits per heavy atom. The van der Waals surface area contributed by atoms with Crippen molar-refractivity contribution in [2.75, 3.05) is 43.0 Å². The summed E-state index contributed by atoms with van der Waals surface area (Å²) in [6.45, 7) is 8.15. The number of pyridine rings is 1. The lowest BCUT2D eigenvalue weighted by molar-refractivity contribution is 0.0985. The van der Waals surface area contributed by atoms with E-state index in [4.69, 9.17) is 11.5 Å². The van der Waals surface area contributed by atoms with Crippen molar-refractivity contribution < 1.29 is 0 Å². The fourth-order valence-corrected chi connectivity index (χ4v) is 5.30. The van der Waals surface area contributed by atoms with Gasteiger partial charge in [-0.15, -0.1) is 0 Å². The summed E-state index contributed by atoms with van der Waals surface area (Å²) in [6.07, 6.45) is 4.23. The second-order valence-electron chi connectivity index (χ2n) is 10.3. The summed E-state index contributed by atoms with van der Waals surface area (Å²) >= 11 is 0. The van der Waals surface area contributed by atoms with Crippen LogP contribution in [0.4, 0.5) is 17.1 Å². The minimum Gasteiger partial charge on any atom is -0.399 e. The van der Waals surface area contributed by atoms with E-state index in [1.54, 1.807) is 0 Å². The van der Waals surface area contributed by atoms with Crippen LogP contribution in [-0.2, 0) is 13.1 Å².